The fourth-order valence-electron chi connectivity index (χ4n) is 2.94. The van der Waals surface area contributed by atoms with Crippen molar-refractivity contribution in [3.63, 3.8) is 0 Å². The zero-order chi connectivity index (χ0) is 25.0. The number of hydrogen-bond donors (Lipinski definition) is 2. The van der Waals surface area contributed by atoms with Crippen LogP contribution in [0.2, 0.25) is 10.2 Å². The number of hydrogen-bond acceptors (Lipinski definition) is 8. The van der Waals surface area contributed by atoms with Crippen LogP contribution in [-0.4, -0.2) is 79.2 Å². The molecule has 1 amide bonds. The number of anilines is 1. The Balaban J connectivity index is 0.000000406. The van der Waals surface area contributed by atoms with Crippen molar-refractivity contribution in [1.82, 2.24) is 29.8 Å². The lowest BCUT2D eigenvalue weighted by molar-refractivity contribution is -0.192. The van der Waals surface area contributed by atoms with Gasteiger partial charge in [0.05, 0.1) is 22.8 Å². The predicted octanol–water partition coefficient (Wildman–Crippen LogP) is 3.15. The molecule has 1 aliphatic heterocycles. The van der Waals surface area contributed by atoms with Gasteiger partial charge in [-0.3, -0.25) is 4.79 Å². The Labute approximate surface area is 199 Å². The smallest absolute Gasteiger partial charge is 0.475 e. The summed E-state index contributed by atoms with van der Waals surface area (Å²) in [6, 6.07) is 0.121. The second-order valence-electron chi connectivity index (χ2n) is 6.78. The van der Waals surface area contributed by atoms with Gasteiger partial charge in [0.2, 0.25) is 5.91 Å². The molecule has 3 aromatic rings. The van der Waals surface area contributed by atoms with Crippen molar-refractivity contribution >= 4 is 51.9 Å². The number of ether oxygens (including phenoxy) is 1. The molecule has 1 aliphatic rings. The highest BCUT2D eigenvalue weighted by molar-refractivity contribution is 6.45. The maximum absolute atomic E-state index is 11.6. The van der Waals surface area contributed by atoms with E-state index in [2.05, 4.69) is 24.9 Å². The lowest BCUT2D eigenvalue weighted by Gasteiger charge is -2.35. The maximum atomic E-state index is 11.6. The average molecular weight is 522 g/mol. The van der Waals surface area contributed by atoms with Crippen molar-refractivity contribution in [2.75, 3.05) is 31.1 Å². The minimum absolute atomic E-state index is 0.0540. The summed E-state index contributed by atoms with van der Waals surface area (Å²) in [6.07, 6.45) is -0.650. The van der Waals surface area contributed by atoms with Crippen molar-refractivity contribution in [3.05, 3.63) is 28.9 Å². The zero-order valence-corrected chi connectivity index (χ0v) is 18.8. The summed E-state index contributed by atoms with van der Waals surface area (Å²) in [5.74, 6) is -1.69. The van der Waals surface area contributed by atoms with E-state index in [1.54, 1.807) is 11.8 Å². The van der Waals surface area contributed by atoms with E-state index in [9.17, 15) is 18.0 Å². The van der Waals surface area contributed by atoms with Crippen molar-refractivity contribution in [2.45, 2.75) is 13.1 Å². The van der Waals surface area contributed by atoms with Crippen molar-refractivity contribution < 1.29 is 32.6 Å². The number of H-pyrrole nitrogens is 1. The van der Waals surface area contributed by atoms with Gasteiger partial charge < -0.3 is 24.6 Å². The summed E-state index contributed by atoms with van der Waals surface area (Å²) >= 11 is 12.5. The van der Waals surface area contributed by atoms with Crippen molar-refractivity contribution in [2.24, 2.45) is 0 Å². The van der Waals surface area contributed by atoms with E-state index in [-0.39, 0.29) is 17.1 Å². The third kappa shape index (κ3) is 5.94. The van der Waals surface area contributed by atoms with E-state index in [0.717, 1.165) is 0 Å². The third-order valence-electron chi connectivity index (χ3n) is 4.52. The molecule has 34 heavy (non-hydrogen) atoms. The molecule has 2 N–H and O–H groups in total. The summed E-state index contributed by atoms with van der Waals surface area (Å²) < 4.78 is 37.4. The van der Waals surface area contributed by atoms with Gasteiger partial charge >= 0.3 is 18.2 Å². The highest BCUT2D eigenvalue weighted by Gasteiger charge is 2.38. The molecular weight excluding hydrogens is 506 g/mol. The molecule has 1 saturated heterocycles. The highest BCUT2D eigenvalue weighted by Crippen LogP contribution is 2.37. The number of rotatable bonds is 3. The quantitative estimate of drug-likeness (QED) is 0.532. The largest absolute Gasteiger partial charge is 0.490 e. The minimum Gasteiger partial charge on any atom is -0.475 e. The highest BCUT2D eigenvalue weighted by atomic mass is 35.5. The first-order valence-electron chi connectivity index (χ1n) is 9.45. The van der Waals surface area contributed by atoms with Gasteiger partial charge in [-0.25, -0.2) is 14.8 Å². The Morgan fingerprint density at radius 3 is 2.24 bits per heavy atom. The number of amides is 1. The third-order valence-corrected chi connectivity index (χ3v) is 5.28. The molecule has 1 fully saturated rings. The second-order valence-corrected chi connectivity index (χ2v) is 7.53. The van der Waals surface area contributed by atoms with Crippen LogP contribution in [0.4, 0.5) is 19.0 Å². The summed E-state index contributed by atoms with van der Waals surface area (Å²) in [4.78, 5) is 43.9. The first kappa shape index (κ1) is 25.2. The minimum atomic E-state index is -5.08. The van der Waals surface area contributed by atoms with E-state index in [1.807, 2.05) is 4.90 Å². The lowest BCUT2D eigenvalue weighted by Crippen LogP contribution is -2.48. The number of aromatic amines is 1. The summed E-state index contributed by atoms with van der Waals surface area (Å²) in [5, 5.41) is 8.38. The number of carbonyl (C=O) groups is 2. The van der Waals surface area contributed by atoms with Crippen molar-refractivity contribution in [3.8, 4) is 11.8 Å². The fraction of sp³-hybridized carbons (Fsp3) is 0.333. The Bertz CT molecular complexity index is 1190. The van der Waals surface area contributed by atoms with Gasteiger partial charge in [0.15, 0.2) is 5.75 Å². The van der Waals surface area contributed by atoms with Crippen LogP contribution in [0.5, 0.6) is 11.8 Å². The molecule has 3 aromatic heterocycles. The molecule has 0 bridgehead atoms. The maximum Gasteiger partial charge on any atom is 0.490 e. The number of carboxylic acid groups (broad SMARTS) is 1. The number of carboxylic acids is 1. The molecule has 11 nitrogen and oxygen atoms in total. The number of fused-ring (bicyclic) bond motifs is 1. The first-order valence-corrected chi connectivity index (χ1v) is 10.2. The monoisotopic (exact) mass is 521 g/mol. The Morgan fingerprint density at radius 1 is 1.12 bits per heavy atom. The standard InChI is InChI=1S/C16H15Cl2N7O2.C2HF3O2/c1-9(26)24-2-4-25(5-3-24)15-11-12(17)13(18)21-14(11)22-16(23-15)27-10-6-19-8-20-7-10;3-2(4,5)1(6)7/h6-8H,2-5H2,1H3,(H,21,22,23);(H,6,7). The van der Waals surface area contributed by atoms with Gasteiger partial charge in [0.25, 0.3) is 0 Å². The average Bonchev–Trinajstić information content (AvgIpc) is 3.07. The Hall–Kier alpha value is -3.39. The number of halogens is 5. The molecule has 0 radical (unpaired) electrons. The van der Waals surface area contributed by atoms with E-state index in [1.165, 1.54) is 18.7 Å². The molecule has 0 spiro atoms. The molecule has 4 rings (SSSR count). The van der Waals surface area contributed by atoms with E-state index in [4.69, 9.17) is 37.8 Å². The van der Waals surface area contributed by atoms with Crippen LogP contribution >= 0.6 is 23.2 Å². The Kier molecular flexibility index (Phi) is 7.61. The molecule has 0 aliphatic carbocycles. The number of aromatic nitrogens is 5. The second kappa shape index (κ2) is 10.3. The normalized spacial score (nSPS) is 13.9. The summed E-state index contributed by atoms with van der Waals surface area (Å²) in [6.45, 7) is 3.98. The van der Waals surface area contributed by atoms with E-state index in [0.29, 0.717) is 53.8 Å². The van der Waals surface area contributed by atoms with Crippen LogP contribution in [0.25, 0.3) is 11.0 Å². The lowest BCUT2D eigenvalue weighted by atomic mass is 10.2. The molecular formula is C18H16Cl2F3N7O4. The topological polar surface area (TPSA) is 137 Å². The fourth-order valence-corrected chi connectivity index (χ4v) is 3.35. The van der Waals surface area contributed by atoms with Gasteiger partial charge in [0, 0.05) is 33.1 Å². The number of nitrogens with zero attached hydrogens (tertiary/aromatic N) is 6. The van der Waals surface area contributed by atoms with Crippen LogP contribution in [0.15, 0.2) is 18.7 Å². The molecule has 4 heterocycles. The first-order chi connectivity index (χ1) is 16.0. The number of carbonyl (C=O) groups excluding carboxylic acids is 1. The summed E-state index contributed by atoms with van der Waals surface area (Å²) in [7, 11) is 0. The van der Waals surface area contributed by atoms with Crippen LogP contribution < -0.4 is 9.64 Å². The Morgan fingerprint density at radius 2 is 1.71 bits per heavy atom. The molecule has 182 valence electrons. The van der Waals surface area contributed by atoms with Crippen LogP contribution in [-0.2, 0) is 9.59 Å². The number of aliphatic carboxylic acids is 1. The van der Waals surface area contributed by atoms with Crippen LogP contribution in [0, 0.1) is 0 Å². The van der Waals surface area contributed by atoms with Crippen LogP contribution in [0.3, 0.4) is 0 Å². The SMILES string of the molecule is CC(=O)N1CCN(c2nc(Oc3cncnc3)nc3[nH]c(Cl)c(Cl)c23)CC1.O=C(O)C(F)(F)F. The van der Waals surface area contributed by atoms with Gasteiger partial charge in [-0.15, -0.1) is 0 Å². The number of alkyl halides is 3. The molecule has 0 saturated carbocycles. The van der Waals surface area contributed by atoms with Crippen molar-refractivity contribution in [1.29, 1.82) is 0 Å². The summed E-state index contributed by atoms with van der Waals surface area (Å²) in [5.41, 5.74) is 0.468. The molecule has 16 heteroatoms. The molecule has 0 unspecified atom stereocenters. The van der Waals surface area contributed by atoms with Gasteiger partial charge in [-0.05, 0) is 0 Å². The van der Waals surface area contributed by atoms with Gasteiger partial charge in [-0.2, -0.15) is 23.1 Å². The van der Waals surface area contributed by atoms with Crippen LogP contribution in [0.1, 0.15) is 6.92 Å². The molecule has 0 atom stereocenters. The van der Waals surface area contributed by atoms with E-state index < -0.39 is 12.1 Å². The predicted molar refractivity (Wildman–Crippen MR) is 114 cm³/mol. The van der Waals surface area contributed by atoms with Gasteiger partial charge in [-0.1, -0.05) is 23.2 Å². The number of nitrogens with one attached hydrogen (secondary N) is 1. The zero-order valence-electron chi connectivity index (χ0n) is 17.3. The van der Waals surface area contributed by atoms with E-state index >= 15 is 0 Å². The van der Waals surface area contributed by atoms with Gasteiger partial charge in [0.1, 0.15) is 22.9 Å². The molecule has 0 aromatic carbocycles. The number of piperazine rings is 1.